The molecular weight excluding hydrogens is 146 g/mol. The van der Waals surface area contributed by atoms with Crippen molar-refractivity contribution < 1.29 is 4.79 Å². The maximum Gasteiger partial charge on any atom is 0.151 e. The Morgan fingerprint density at radius 1 is 1.60 bits per heavy atom. The summed E-state index contributed by atoms with van der Waals surface area (Å²) in [6, 6.07) is 1.87. The van der Waals surface area contributed by atoms with Crippen molar-refractivity contribution in [3.8, 4) is 0 Å². The lowest BCUT2D eigenvalue weighted by atomic mass is 10.4. The first kappa shape index (κ1) is 5.68. The summed E-state index contributed by atoms with van der Waals surface area (Å²) in [5, 5.41) is 1.99. The fourth-order valence-corrected chi connectivity index (χ4v) is 1.69. The lowest BCUT2D eigenvalue weighted by Gasteiger charge is -1.75. The van der Waals surface area contributed by atoms with Crippen molar-refractivity contribution in [2.24, 2.45) is 0 Å². The molecule has 2 rings (SSSR count). The third kappa shape index (κ3) is 0.675. The van der Waals surface area contributed by atoms with Crippen LogP contribution in [-0.2, 0) is 0 Å². The van der Waals surface area contributed by atoms with E-state index in [4.69, 9.17) is 0 Å². The fourth-order valence-electron chi connectivity index (χ4n) is 0.920. The van der Waals surface area contributed by atoms with Gasteiger partial charge in [0.2, 0.25) is 0 Å². The van der Waals surface area contributed by atoms with E-state index < -0.39 is 0 Å². The van der Waals surface area contributed by atoms with Crippen LogP contribution in [0.25, 0.3) is 4.83 Å². The van der Waals surface area contributed by atoms with E-state index >= 15 is 0 Å². The van der Waals surface area contributed by atoms with Gasteiger partial charge in [0, 0.05) is 23.3 Å². The monoisotopic (exact) mass is 151 g/mol. The third-order valence-electron chi connectivity index (χ3n) is 1.38. The number of fused-ring (bicyclic) bond motifs is 1. The van der Waals surface area contributed by atoms with Gasteiger partial charge in [-0.05, 0) is 6.07 Å². The molecule has 0 radical (unpaired) electrons. The molecule has 0 fully saturated rings. The predicted molar refractivity (Wildman–Crippen MR) is 40.7 cm³/mol. The van der Waals surface area contributed by atoms with Gasteiger partial charge in [0.25, 0.3) is 0 Å². The lowest BCUT2D eigenvalue weighted by Crippen LogP contribution is -1.71. The number of hydrogen-bond donors (Lipinski definition) is 0. The average molecular weight is 151 g/mol. The molecule has 10 heavy (non-hydrogen) atoms. The van der Waals surface area contributed by atoms with Crippen LogP contribution in [0.5, 0.6) is 0 Å². The molecule has 3 heteroatoms. The van der Waals surface area contributed by atoms with Crippen LogP contribution in [-0.4, -0.2) is 10.7 Å². The molecule has 50 valence electrons. The minimum atomic E-state index is 0.742. The van der Waals surface area contributed by atoms with Crippen LogP contribution < -0.4 is 0 Å². The first-order valence-corrected chi connectivity index (χ1v) is 3.78. The highest BCUT2D eigenvalue weighted by atomic mass is 32.1. The highest BCUT2D eigenvalue weighted by Gasteiger charge is 1.96. The first-order valence-electron chi connectivity index (χ1n) is 2.90. The van der Waals surface area contributed by atoms with Crippen LogP contribution in [0.15, 0.2) is 23.8 Å². The van der Waals surface area contributed by atoms with Crippen LogP contribution >= 0.6 is 11.3 Å². The molecule has 0 bridgehead atoms. The minimum absolute atomic E-state index is 0.742. The van der Waals surface area contributed by atoms with Gasteiger partial charge in [-0.2, -0.15) is 0 Å². The highest BCUT2D eigenvalue weighted by molar-refractivity contribution is 7.15. The molecule has 2 heterocycles. The molecule has 0 aliphatic rings. The van der Waals surface area contributed by atoms with Gasteiger partial charge in [0.15, 0.2) is 6.29 Å². The van der Waals surface area contributed by atoms with E-state index in [1.165, 1.54) is 0 Å². The topological polar surface area (TPSA) is 21.5 Å². The van der Waals surface area contributed by atoms with Crippen LogP contribution in [0.1, 0.15) is 10.4 Å². The number of carbonyl (C=O) groups excluding carboxylic acids is 1. The second kappa shape index (κ2) is 1.95. The molecular formula is C7H5NOS. The van der Waals surface area contributed by atoms with E-state index in [2.05, 4.69) is 0 Å². The van der Waals surface area contributed by atoms with Crippen molar-refractivity contribution in [2.45, 2.75) is 0 Å². The highest BCUT2D eigenvalue weighted by Crippen LogP contribution is 2.13. The molecule has 0 aliphatic carbocycles. The van der Waals surface area contributed by atoms with Crippen molar-refractivity contribution in [1.29, 1.82) is 0 Å². The summed E-state index contributed by atoms with van der Waals surface area (Å²) < 4.78 is 1.94. The molecule has 0 saturated carbocycles. The zero-order valence-electron chi connectivity index (χ0n) is 5.15. The van der Waals surface area contributed by atoms with Gasteiger partial charge in [-0.1, -0.05) is 0 Å². The predicted octanol–water partition coefficient (Wildman–Crippen LogP) is 1.81. The summed E-state index contributed by atoms with van der Waals surface area (Å²) in [4.78, 5) is 11.4. The molecule has 2 aromatic rings. The van der Waals surface area contributed by atoms with Gasteiger partial charge in [0.1, 0.15) is 0 Å². The van der Waals surface area contributed by atoms with Crippen molar-refractivity contribution in [1.82, 2.24) is 4.40 Å². The Hall–Kier alpha value is -1.09. The van der Waals surface area contributed by atoms with Gasteiger partial charge in [-0.15, -0.1) is 11.3 Å². The zero-order valence-corrected chi connectivity index (χ0v) is 5.97. The van der Waals surface area contributed by atoms with Crippen LogP contribution in [0.3, 0.4) is 0 Å². The van der Waals surface area contributed by atoms with E-state index in [1.54, 1.807) is 11.3 Å². The van der Waals surface area contributed by atoms with E-state index in [0.29, 0.717) is 0 Å². The molecule has 0 unspecified atom stereocenters. The molecule has 2 nitrogen and oxygen atoms in total. The second-order valence-corrected chi connectivity index (χ2v) is 2.97. The van der Waals surface area contributed by atoms with Gasteiger partial charge in [-0.3, -0.25) is 4.79 Å². The summed E-state index contributed by atoms with van der Waals surface area (Å²) in [6.07, 6.45) is 4.62. The van der Waals surface area contributed by atoms with Crippen molar-refractivity contribution in [3.63, 3.8) is 0 Å². The largest absolute Gasteiger partial charge is 0.314 e. The Bertz CT molecular complexity index is 332. The summed E-state index contributed by atoms with van der Waals surface area (Å²) >= 11 is 1.63. The molecule has 0 aliphatic heterocycles. The molecule has 0 spiro atoms. The Morgan fingerprint density at radius 3 is 3.20 bits per heavy atom. The number of hydrogen-bond acceptors (Lipinski definition) is 2. The van der Waals surface area contributed by atoms with Crippen molar-refractivity contribution in [3.05, 3.63) is 29.4 Å². The van der Waals surface area contributed by atoms with Gasteiger partial charge in [0.05, 0.1) is 4.83 Å². The van der Waals surface area contributed by atoms with Gasteiger partial charge >= 0.3 is 0 Å². The molecule has 2 aromatic heterocycles. The third-order valence-corrected chi connectivity index (χ3v) is 2.21. The maximum atomic E-state index is 10.3. The van der Waals surface area contributed by atoms with E-state index in [-0.39, 0.29) is 0 Å². The van der Waals surface area contributed by atoms with Crippen LogP contribution in [0, 0.1) is 0 Å². The molecule has 0 amide bonds. The quantitative estimate of drug-likeness (QED) is 0.569. The SMILES string of the molecule is O=Cc1cc2sccn2c1. The number of nitrogens with zero attached hydrogens (tertiary/aromatic N) is 1. The molecule has 0 aromatic carbocycles. The summed E-state index contributed by atoms with van der Waals surface area (Å²) in [5.74, 6) is 0. The van der Waals surface area contributed by atoms with Crippen LogP contribution in [0.4, 0.5) is 0 Å². The average Bonchev–Trinajstić information content (AvgIpc) is 2.42. The van der Waals surface area contributed by atoms with E-state index in [1.807, 2.05) is 28.2 Å². The van der Waals surface area contributed by atoms with Crippen LogP contribution in [0.2, 0.25) is 0 Å². The number of aldehydes is 1. The van der Waals surface area contributed by atoms with Gasteiger partial charge < -0.3 is 4.40 Å². The van der Waals surface area contributed by atoms with Crippen molar-refractivity contribution in [2.75, 3.05) is 0 Å². The minimum Gasteiger partial charge on any atom is -0.314 e. The maximum absolute atomic E-state index is 10.3. The number of rotatable bonds is 1. The number of aromatic nitrogens is 1. The zero-order chi connectivity index (χ0) is 6.97. The second-order valence-electron chi connectivity index (χ2n) is 2.04. The van der Waals surface area contributed by atoms with E-state index in [0.717, 1.165) is 16.7 Å². The Kier molecular flexibility index (Phi) is 1.11. The number of carbonyl (C=O) groups is 1. The Balaban J connectivity index is 2.78. The number of thiazole rings is 1. The summed E-state index contributed by atoms with van der Waals surface area (Å²) in [7, 11) is 0. The summed E-state index contributed by atoms with van der Waals surface area (Å²) in [6.45, 7) is 0. The first-order chi connectivity index (χ1) is 4.90. The lowest BCUT2D eigenvalue weighted by molar-refractivity contribution is 0.112. The summed E-state index contributed by atoms with van der Waals surface area (Å²) in [5.41, 5.74) is 0.742. The van der Waals surface area contributed by atoms with Gasteiger partial charge in [-0.25, -0.2) is 0 Å². The molecule has 0 N–H and O–H groups in total. The Labute approximate surface area is 61.7 Å². The molecule has 0 atom stereocenters. The fraction of sp³-hybridized carbons (Fsp3) is 0. The normalized spacial score (nSPS) is 10.4. The smallest absolute Gasteiger partial charge is 0.151 e. The van der Waals surface area contributed by atoms with Crippen molar-refractivity contribution >= 4 is 22.5 Å². The Morgan fingerprint density at radius 2 is 2.50 bits per heavy atom. The van der Waals surface area contributed by atoms with E-state index in [9.17, 15) is 4.79 Å². The standard InChI is InChI=1S/C7H5NOS/c9-5-6-3-7-8(4-6)1-2-10-7/h1-5H. The molecule has 0 saturated heterocycles.